The van der Waals surface area contributed by atoms with Crippen molar-refractivity contribution in [2.24, 2.45) is 0 Å². The topological polar surface area (TPSA) is 58.6 Å². The van der Waals surface area contributed by atoms with Gasteiger partial charge in [0.2, 0.25) is 0 Å². The molecule has 0 spiro atoms. The molecule has 0 aliphatic heterocycles. The van der Waals surface area contributed by atoms with Gasteiger partial charge in [0.05, 0.1) is 12.1 Å². The molecule has 22 heavy (non-hydrogen) atoms. The Balaban J connectivity index is 2.02. The Kier molecular flexibility index (Phi) is 5.17. The fourth-order valence-corrected chi connectivity index (χ4v) is 1.89. The molecule has 0 aliphatic rings. The predicted octanol–water partition coefficient (Wildman–Crippen LogP) is 2.77. The van der Waals surface area contributed by atoms with Crippen LogP contribution in [-0.2, 0) is 6.61 Å². The Morgan fingerprint density at radius 2 is 1.86 bits per heavy atom. The molecular formula is C18H21NO3. The lowest BCUT2D eigenvalue weighted by molar-refractivity contribution is 0.0869. The molecule has 0 radical (unpaired) electrons. The second-order valence-corrected chi connectivity index (χ2v) is 5.80. The highest BCUT2D eigenvalue weighted by Crippen LogP contribution is 2.16. The molecule has 2 rings (SSSR count). The van der Waals surface area contributed by atoms with E-state index in [0.717, 1.165) is 5.56 Å². The average molecular weight is 299 g/mol. The van der Waals surface area contributed by atoms with Crippen molar-refractivity contribution in [1.82, 2.24) is 5.32 Å². The van der Waals surface area contributed by atoms with Crippen LogP contribution >= 0.6 is 0 Å². The number of carbonyl (C=O) groups excluding carboxylic acids is 1. The van der Waals surface area contributed by atoms with Gasteiger partial charge >= 0.3 is 0 Å². The smallest absolute Gasteiger partial charge is 0.251 e. The lowest BCUT2D eigenvalue weighted by Crippen LogP contribution is -2.46. The van der Waals surface area contributed by atoms with Crippen molar-refractivity contribution in [3.05, 3.63) is 65.7 Å². The first-order valence-electron chi connectivity index (χ1n) is 7.20. The lowest BCUT2D eigenvalue weighted by Gasteiger charge is -2.23. The van der Waals surface area contributed by atoms with E-state index in [-0.39, 0.29) is 12.5 Å². The van der Waals surface area contributed by atoms with Gasteiger partial charge in [0.15, 0.2) is 0 Å². The average Bonchev–Trinajstić information content (AvgIpc) is 2.54. The summed E-state index contributed by atoms with van der Waals surface area (Å²) in [6.07, 6.45) is 0. The highest BCUT2D eigenvalue weighted by molar-refractivity contribution is 5.95. The van der Waals surface area contributed by atoms with E-state index in [9.17, 15) is 9.90 Å². The van der Waals surface area contributed by atoms with Crippen LogP contribution in [0.2, 0.25) is 0 Å². The molecule has 2 aromatic rings. The number of ether oxygens (including phenoxy) is 1. The minimum atomic E-state index is -0.655. The Labute approximate surface area is 130 Å². The predicted molar refractivity (Wildman–Crippen MR) is 85.8 cm³/mol. The summed E-state index contributed by atoms with van der Waals surface area (Å²) in [6.45, 7) is 3.86. The summed E-state index contributed by atoms with van der Waals surface area (Å²) >= 11 is 0. The Morgan fingerprint density at radius 3 is 2.55 bits per heavy atom. The van der Waals surface area contributed by atoms with E-state index in [1.54, 1.807) is 32.0 Å². The third kappa shape index (κ3) is 4.60. The summed E-state index contributed by atoms with van der Waals surface area (Å²) in [7, 11) is 0. The summed E-state index contributed by atoms with van der Waals surface area (Å²) in [5.74, 6) is 0.405. The SMILES string of the molecule is CC(C)(CO)NC(=O)c1cccc(OCc2ccccc2)c1. The van der Waals surface area contributed by atoms with Gasteiger partial charge in [-0.25, -0.2) is 0 Å². The molecule has 0 saturated heterocycles. The summed E-state index contributed by atoms with van der Waals surface area (Å²) in [6, 6.07) is 16.9. The maximum Gasteiger partial charge on any atom is 0.251 e. The molecule has 2 N–H and O–H groups in total. The van der Waals surface area contributed by atoms with Crippen LogP contribution in [0, 0.1) is 0 Å². The van der Waals surface area contributed by atoms with Gasteiger partial charge in [-0.05, 0) is 37.6 Å². The van der Waals surface area contributed by atoms with Crippen LogP contribution in [0.1, 0.15) is 29.8 Å². The number of aliphatic hydroxyl groups excluding tert-OH is 1. The monoisotopic (exact) mass is 299 g/mol. The first-order chi connectivity index (χ1) is 10.5. The summed E-state index contributed by atoms with van der Waals surface area (Å²) < 4.78 is 5.71. The zero-order chi connectivity index (χ0) is 16.0. The Hall–Kier alpha value is -2.33. The molecule has 0 aromatic heterocycles. The first kappa shape index (κ1) is 16.0. The summed E-state index contributed by atoms with van der Waals surface area (Å²) in [5, 5.41) is 12.0. The van der Waals surface area contributed by atoms with Crippen LogP contribution in [0.5, 0.6) is 5.75 Å². The second-order valence-electron chi connectivity index (χ2n) is 5.80. The Bertz CT molecular complexity index is 623. The molecule has 0 atom stereocenters. The first-order valence-corrected chi connectivity index (χ1v) is 7.20. The third-order valence-electron chi connectivity index (χ3n) is 3.19. The normalized spacial score (nSPS) is 11.0. The maximum absolute atomic E-state index is 12.2. The van der Waals surface area contributed by atoms with Gasteiger partial charge in [-0.3, -0.25) is 4.79 Å². The summed E-state index contributed by atoms with van der Waals surface area (Å²) in [5.41, 5.74) is 0.920. The van der Waals surface area contributed by atoms with Crippen LogP contribution in [0.4, 0.5) is 0 Å². The van der Waals surface area contributed by atoms with E-state index in [0.29, 0.717) is 17.9 Å². The number of aliphatic hydroxyl groups is 1. The fraction of sp³-hybridized carbons (Fsp3) is 0.278. The van der Waals surface area contributed by atoms with Crippen molar-refractivity contribution in [2.45, 2.75) is 26.0 Å². The zero-order valence-corrected chi connectivity index (χ0v) is 12.9. The van der Waals surface area contributed by atoms with Crippen molar-refractivity contribution in [1.29, 1.82) is 0 Å². The van der Waals surface area contributed by atoms with E-state index < -0.39 is 5.54 Å². The van der Waals surface area contributed by atoms with Crippen LogP contribution < -0.4 is 10.1 Å². The van der Waals surface area contributed by atoms with E-state index in [1.807, 2.05) is 36.4 Å². The third-order valence-corrected chi connectivity index (χ3v) is 3.19. The maximum atomic E-state index is 12.2. The van der Waals surface area contributed by atoms with Crippen LogP contribution in [0.15, 0.2) is 54.6 Å². The van der Waals surface area contributed by atoms with Crippen LogP contribution in [0.3, 0.4) is 0 Å². The molecule has 116 valence electrons. The molecule has 0 saturated carbocycles. The number of hydrogen-bond acceptors (Lipinski definition) is 3. The van der Waals surface area contributed by atoms with Crippen LogP contribution in [-0.4, -0.2) is 23.2 Å². The van der Waals surface area contributed by atoms with E-state index in [2.05, 4.69) is 5.32 Å². The Morgan fingerprint density at radius 1 is 1.14 bits per heavy atom. The van der Waals surface area contributed by atoms with Crippen molar-refractivity contribution < 1.29 is 14.6 Å². The van der Waals surface area contributed by atoms with Gasteiger partial charge in [-0.1, -0.05) is 36.4 Å². The largest absolute Gasteiger partial charge is 0.489 e. The van der Waals surface area contributed by atoms with Crippen molar-refractivity contribution >= 4 is 5.91 Å². The van der Waals surface area contributed by atoms with Crippen LogP contribution in [0.25, 0.3) is 0 Å². The summed E-state index contributed by atoms with van der Waals surface area (Å²) in [4.78, 5) is 12.2. The van der Waals surface area contributed by atoms with E-state index in [1.165, 1.54) is 0 Å². The van der Waals surface area contributed by atoms with E-state index >= 15 is 0 Å². The molecule has 2 aromatic carbocycles. The van der Waals surface area contributed by atoms with Crippen molar-refractivity contribution in [3.63, 3.8) is 0 Å². The molecule has 4 heteroatoms. The number of nitrogens with one attached hydrogen (secondary N) is 1. The second kappa shape index (κ2) is 7.09. The van der Waals surface area contributed by atoms with Gasteiger partial charge in [-0.15, -0.1) is 0 Å². The number of carbonyl (C=O) groups is 1. The van der Waals surface area contributed by atoms with Gasteiger partial charge < -0.3 is 15.2 Å². The molecule has 1 amide bonds. The standard InChI is InChI=1S/C18H21NO3/c1-18(2,13-20)19-17(21)15-9-6-10-16(11-15)22-12-14-7-4-3-5-8-14/h3-11,20H,12-13H2,1-2H3,(H,19,21). The van der Waals surface area contributed by atoms with Gasteiger partial charge in [0, 0.05) is 5.56 Å². The van der Waals surface area contributed by atoms with Gasteiger partial charge in [-0.2, -0.15) is 0 Å². The minimum absolute atomic E-state index is 0.122. The fourth-order valence-electron chi connectivity index (χ4n) is 1.89. The highest BCUT2D eigenvalue weighted by atomic mass is 16.5. The lowest BCUT2D eigenvalue weighted by atomic mass is 10.1. The number of rotatable bonds is 6. The molecule has 0 unspecified atom stereocenters. The molecule has 0 heterocycles. The minimum Gasteiger partial charge on any atom is -0.489 e. The van der Waals surface area contributed by atoms with Gasteiger partial charge in [0.1, 0.15) is 12.4 Å². The number of hydrogen-bond donors (Lipinski definition) is 2. The highest BCUT2D eigenvalue weighted by Gasteiger charge is 2.20. The molecule has 4 nitrogen and oxygen atoms in total. The molecular weight excluding hydrogens is 278 g/mol. The van der Waals surface area contributed by atoms with E-state index in [4.69, 9.17) is 4.74 Å². The molecule has 0 fully saturated rings. The molecule has 0 bridgehead atoms. The number of benzene rings is 2. The molecule has 0 aliphatic carbocycles. The van der Waals surface area contributed by atoms with Crippen molar-refractivity contribution in [3.8, 4) is 5.75 Å². The quantitative estimate of drug-likeness (QED) is 0.862. The zero-order valence-electron chi connectivity index (χ0n) is 12.9. The number of amides is 1. The van der Waals surface area contributed by atoms with Gasteiger partial charge in [0.25, 0.3) is 5.91 Å². The van der Waals surface area contributed by atoms with Crippen molar-refractivity contribution in [2.75, 3.05) is 6.61 Å².